The van der Waals surface area contributed by atoms with Crippen molar-refractivity contribution in [2.24, 2.45) is 0 Å². The van der Waals surface area contributed by atoms with Crippen molar-refractivity contribution in [1.29, 1.82) is 0 Å². The molecule has 0 radical (unpaired) electrons. The van der Waals surface area contributed by atoms with E-state index in [1.165, 1.54) is 83.7 Å². The number of halogens is 1. The normalized spacial score (nSPS) is 22.1. The van der Waals surface area contributed by atoms with Gasteiger partial charge in [0.25, 0.3) is 0 Å². The molecule has 0 spiro atoms. The average Bonchev–Trinajstić information content (AvgIpc) is 2.81. The minimum absolute atomic E-state index is 0.452. The van der Waals surface area contributed by atoms with Gasteiger partial charge in [-0.2, -0.15) is 0 Å². The first kappa shape index (κ1) is 17.2. The van der Waals surface area contributed by atoms with Crippen LogP contribution in [0.4, 0.5) is 0 Å². The smallest absolute Gasteiger partial charge is 0.123 e. The molecule has 0 N–H and O–H groups in total. The Balaban J connectivity index is 2.07. The highest BCUT2D eigenvalue weighted by atomic mass is 79.9. The molecule has 0 bridgehead atoms. The molecule has 1 heterocycles. The van der Waals surface area contributed by atoms with Crippen LogP contribution in [0.15, 0.2) is 4.47 Å². The van der Waals surface area contributed by atoms with Gasteiger partial charge >= 0.3 is 0 Å². The van der Waals surface area contributed by atoms with E-state index in [2.05, 4.69) is 29.8 Å². The largest absolute Gasteiger partial charge is 0.318 e. The quantitative estimate of drug-likeness (QED) is 0.509. The van der Waals surface area contributed by atoms with Crippen molar-refractivity contribution in [1.82, 2.24) is 0 Å². The molecule has 0 unspecified atom stereocenters. The molecule has 2 aliphatic carbocycles. The fraction of sp³-hybridized carbons (Fsp3) is 0.778. The van der Waals surface area contributed by atoms with Crippen molar-refractivity contribution in [3.8, 4) is 0 Å². The van der Waals surface area contributed by atoms with E-state index in [1.54, 1.807) is 0 Å². The Hall–Kier alpha value is 0.410. The molecule has 2 fully saturated rings. The van der Waals surface area contributed by atoms with Crippen LogP contribution in [-0.4, -0.2) is 11.3 Å². The molecule has 0 aliphatic heterocycles. The minimum Gasteiger partial charge on any atom is -0.318 e. The zero-order valence-corrected chi connectivity index (χ0v) is 17.2. The predicted molar refractivity (Wildman–Crippen MR) is 102 cm³/mol. The molecule has 0 amide bonds. The van der Waals surface area contributed by atoms with Gasteiger partial charge in [-0.1, -0.05) is 38.5 Å². The predicted octanol–water partition coefficient (Wildman–Crippen LogP) is 6.78. The van der Waals surface area contributed by atoms with Crippen LogP contribution in [0, 0.1) is 13.8 Å². The molecular weight excluding hydrogens is 375 g/mol. The molecule has 1 aromatic rings. The summed E-state index contributed by atoms with van der Waals surface area (Å²) in [6, 6.07) is 0. The van der Waals surface area contributed by atoms with Crippen molar-refractivity contribution in [3.05, 3.63) is 14.2 Å². The van der Waals surface area contributed by atoms with Crippen LogP contribution in [0.3, 0.4) is 0 Å². The maximum absolute atomic E-state index is 14.6. The summed E-state index contributed by atoms with van der Waals surface area (Å²) in [5.74, 6) is 0. The van der Waals surface area contributed by atoms with Crippen LogP contribution in [-0.2, 0) is 4.57 Å². The number of thiophene rings is 1. The SMILES string of the molecule is Cc1sc(C)c(P(=O)(C2CCCCC2)C2CCCCC2)c1Br. The van der Waals surface area contributed by atoms with Gasteiger partial charge in [-0.15, -0.1) is 11.3 Å². The summed E-state index contributed by atoms with van der Waals surface area (Å²) in [5, 5.41) is 1.24. The van der Waals surface area contributed by atoms with E-state index in [0.717, 1.165) is 0 Å². The second-order valence-corrected chi connectivity index (χ2v) is 12.7. The maximum Gasteiger partial charge on any atom is 0.123 e. The highest BCUT2D eigenvalue weighted by molar-refractivity contribution is 9.10. The summed E-state index contributed by atoms with van der Waals surface area (Å²) in [7, 11) is -2.31. The molecule has 4 heteroatoms. The molecule has 22 heavy (non-hydrogen) atoms. The Morgan fingerprint density at radius 1 is 0.864 bits per heavy atom. The van der Waals surface area contributed by atoms with E-state index < -0.39 is 7.14 Å². The van der Waals surface area contributed by atoms with Crippen LogP contribution in [0.2, 0.25) is 0 Å². The molecule has 2 saturated carbocycles. The van der Waals surface area contributed by atoms with Gasteiger partial charge in [-0.05, 0) is 55.5 Å². The van der Waals surface area contributed by atoms with Gasteiger partial charge in [0.2, 0.25) is 0 Å². The van der Waals surface area contributed by atoms with E-state index in [-0.39, 0.29) is 0 Å². The fourth-order valence-electron chi connectivity index (χ4n) is 4.64. The average molecular weight is 403 g/mol. The van der Waals surface area contributed by atoms with Crippen LogP contribution < -0.4 is 5.30 Å². The molecule has 2 aliphatic rings. The molecule has 0 atom stereocenters. The van der Waals surface area contributed by atoms with Gasteiger partial charge in [0.1, 0.15) is 7.14 Å². The Morgan fingerprint density at radius 3 is 1.68 bits per heavy atom. The number of aryl methyl sites for hydroxylation is 2. The Bertz CT molecular complexity index is 546. The lowest BCUT2D eigenvalue weighted by atomic mass is 9.99. The minimum atomic E-state index is -2.31. The summed E-state index contributed by atoms with van der Waals surface area (Å²) in [4.78, 5) is 2.61. The van der Waals surface area contributed by atoms with E-state index in [4.69, 9.17) is 0 Å². The first-order chi connectivity index (χ1) is 10.5. The first-order valence-corrected chi connectivity index (χ1v) is 12.4. The molecule has 1 aromatic heterocycles. The fourth-order valence-corrected chi connectivity index (χ4v) is 12.2. The topological polar surface area (TPSA) is 17.1 Å². The molecule has 0 aromatic carbocycles. The lowest BCUT2D eigenvalue weighted by molar-refractivity contribution is 0.452. The van der Waals surface area contributed by atoms with Gasteiger partial charge in [0.05, 0.1) is 0 Å². The lowest BCUT2D eigenvalue weighted by Gasteiger charge is -2.38. The number of rotatable bonds is 3. The summed E-state index contributed by atoms with van der Waals surface area (Å²) >= 11 is 5.64. The summed E-state index contributed by atoms with van der Waals surface area (Å²) in [5.41, 5.74) is 0.904. The van der Waals surface area contributed by atoms with Crippen LogP contribution >= 0.6 is 34.4 Å². The van der Waals surface area contributed by atoms with Crippen molar-refractivity contribution in [2.45, 2.75) is 89.4 Å². The molecular formula is C18H28BrOPS. The number of hydrogen-bond acceptors (Lipinski definition) is 2. The van der Waals surface area contributed by atoms with Crippen LogP contribution in [0.1, 0.15) is 74.0 Å². The third-order valence-corrected chi connectivity index (χ3v) is 12.9. The van der Waals surface area contributed by atoms with E-state index in [9.17, 15) is 4.57 Å². The van der Waals surface area contributed by atoms with Gasteiger partial charge in [-0.25, -0.2) is 0 Å². The van der Waals surface area contributed by atoms with Crippen LogP contribution in [0.25, 0.3) is 0 Å². The van der Waals surface area contributed by atoms with Gasteiger partial charge in [0.15, 0.2) is 0 Å². The van der Waals surface area contributed by atoms with Gasteiger partial charge in [0, 0.05) is 30.8 Å². The highest BCUT2D eigenvalue weighted by Gasteiger charge is 2.45. The van der Waals surface area contributed by atoms with Gasteiger partial charge in [-0.3, -0.25) is 0 Å². The first-order valence-electron chi connectivity index (χ1n) is 8.90. The zero-order chi connectivity index (χ0) is 15.7. The van der Waals surface area contributed by atoms with E-state index in [0.29, 0.717) is 11.3 Å². The zero-order valence-electron chi connectivity index (χ0n) is 13.9. The summed E-state index contributed by atoms with van der Waals surface area (Å²) in [6.45, 7) is 4.35. The Morgan fingerprint density at radius 2 is 1.32 bits per heavy atom. The second-order valence-electron chi connectivity index (χ2n) is 7.17. The third-order valence-electron chi connectivity index (χ3n) is 5.74. The van der Waals surface area contributed by atoms with Crippen LogP contribution in [0.5, 0.6) is 0 Å². The molecule has 0 saturated heterocycles. The monoisotopic (exact) mass is 402 g/mol. The Labute approximate surface area is 147 Å². The molecule has 124 valence electrons. The summed E-state index contributed by atoms with van der Waals surface area (Å²) in [6.07, 6.45) is 12.5. The van der Waals surface area contributed by atoms with Crippen molar-refractivity contribution >= 4 is 39.7 Å². The lowest BCUT2D eigenvalue weighted by Crippen LogP contribution is -2.30. The van der Waals surface area contributed by atoms with E-state index >= 15 is 0 Å². The molecule has 1 nitrogen and oxygen atoms in total. The molecule has 3 rings (SSSR count). The third kappa shape index (κ3) is 3.03. The van der Waals surface area contributed by atoms with Crippen molar-refractivity contribution in [3.63, 3.8) is 0 Å². The van der Waals surface area contributed by atoms with Crippen molar-refractivity contribution in [2.75, 3.05) is 0 Å². The second kappa shape index (κ2) is 7.11. The summed E-state index contributed by atoms with van der Waals surface area (Å²) < 4.78 is 15.7. The van der Waals surface area contributed by atoms with Gasteiger partial charge < -0.3 is 4.57 Å². The standard InChI is InChI=1S/C18H28BrOPS/c1-13-17(19)18(14(2)22-13)21(20,15-9-5-3-6-10-15)16-11-7-4-8-12-16/h15-16H,3-12H2,1-2H3. The Kier molecular flexibility index (Phi) is 5.57. The van der Waals surface area contributed by atoms with Crippen molar-refractivity contribution < 1.29 is 4.57 Å². The highest BCUT2D eigenvalue weighted by Crippen LogP contribution is 2.63. The maximum atomic E-state index is 14.6. The number of hydrogen-bond donors (Lipinski definition) is 0. The van der Waals surface area contributed by atoms with E-state index in [1.807, 2.05) is 11.3 Å².